The zero-order valence-corrected chi connectivity index (χ0v) is 14.9. The van der Waals surface area contributed by atoms with E-state index in [2.05, 4.69) is 0 Å². The Balaban J connectivity index is 2.05. The van der Waals surface area contributed by atoms with Crippen molar-refractivity contribution in [3.63, 3.8) is 0 Å². The number of hydrogen-bond donors (Lipinski definition) is 0. The molecule has 1 fully saturated rings. The quantitative estimate of drug-likeness (QED) is 0.784. The van der Waals surface area contributed by atoms with E-state index in [9.17, 15) is 9.59 Å². The molecule has 6 nitrogen and oxygen atoms in total. The summed E-state index contributed by atoms with van der Waals surface area (Å²) < 4.78 is 10.1. The van der Waals surface area contributed by atoms with E-state index in [0.717, 1.165) is 11.4 Å². The van der Waals surface area contributed by atoms with Crippen LogP contribution in [0.4, 0.5) is 11.4 Å². The Morgan fingerprint density at radius 2 is 1.08 bits per heavy atom. The average molecular weight is 354 g/mol. The molecular formula is C20H22N2O4. The van der Waals surface area contributed by atoms with E-state index in [4.69, 9.17) is 9.47 Å². The van der Waals surface area contributed by atoms with Gasteiger partial charge in [-0.2, -0.15) is 0 Å². The Bertz CT molecular complexity index is 685. The summed E-state index contributed by atoms with van der Waals surface area (Å²) in [5.74, 6) is -0.935. The number of ether oxygens (including phenoxy) is 2. The van der Waals surface area contributed by atoms with Crippen LogP contribution in [0.5, 0.6) is 0 Å². The number of carbonyl (C=O) groups excluding carboxylic acids is 2. The van der Waals surface area contributed by atoms with E-state index in [1.165, 1.54) is 14.2 Å². The molecule has 0 saturated carbocycles. The highest BCUT2D eigenvalue weighted by molar-refractivity contribution is 5.93. The van der Waals surface area contributed by atoms with Gasteiger partial charge in [0.25, 0.3) is 0 Å². The number of methoxy groups -OCH3 is 2. The first-order valence-corrected chi connectivity index (χ1v) is 8.46. The third-order valence-corrected chi connectivity index (χ3v) is 4.61. The van der Waals surface area contributed by atoms with Crippen molar-refractivity contribution in [2.75, 3.05) is 37.1 Å². The first-order valence-electron chi connectivity index (χ1n) is 8.46. The lowest BCUT2D eigenvalue weighted by Gasteiger charge is -2.46. The number of carbonyl (C=O) groups is 2. The Kier molecular flexibility index (Phi) is 5.41. The van der Waals surface area contributed by atoms with Crippen molar-refractivity contribution in [1.82, 2.24) is 0 Å². The molecule has 2 unspecified atom stereocenters. The van der Waals surface area contributed by atoms with Gasteiger partial charge in [0, 0.05) is 24.5 Å². The van der Waals surface area contributed by atoms with Crippen LogP contribution >= 0.6 is 0 Å². The fourth-order valence-corrected chi connectivity index (χ4v) is 3.41. The normalized spacial score (nSPS) is 19.8. The van der Waals surface area contributed by atoms with Crippen molar-refractivity contribution < 1.29 is 19.1 Å². The van der Waals surface area contributed by atoms with Gasteiger partial charge in [-0.05, 0) is 24.3 Å². The molecular weight excluding hydrogens is 332 g/mol. The molecule has 1 aliphatic heterocycles. The van der Waals surface area contributed by atoms with E-state index < -0.39 is 24.0 Å². The van der Waals surface area contributed by atoms with Crippen molar-refractivity contribution in [2.45, 2.75) is 12.1 Å². The predicted molar refractivity (Wildman–Crippen MR) is 99.2 cm³/mol. The molecule has 0 aliphatic carbocycles. The van der Waals surface area contributed by atoms with Gasteiger partial charge < -0.3 is 19.3 Å². The maximum atomic E-state index is 12.7. The molecule has 6 heteroatoms. The van der Waals surface area contributed by atoms with E-state index in [1.54, 1.807) is 0 Å². The molecule has 1 aliphatic rings. The van der Waals surface area contributed by atoms with Crippen molar-refractivity contribution >= 4 is 23.3 Å². The zero-order valence-electron chi connectivity index (χ0n) is 14.9. The van der Waals surface area contributed by atoms with Crippen LogP contribution in [0.1, 0.15) is 0 Å². The van der Waals surface area contributed by atoms with Crippen LogP contribution in [-0.2, 0) is 19.1 Å². The molecule has 0 radical (unpaired) electrons. The second kappa shape index (κ2) is 7.91. The van der Waals surface area contributed by atoms with Gasteiger partial charge in [0.2, 0.25) is 0 Å². The fraction of sp³-hybridized carbons (Fsp3) is 0.300. The Morgan fingerprint density at radius 3 is 1.38 bits per heavy atom. The van der Waals surface area contributed by atoms with Gasteiger partial charge in [-0.25, -0.2) is 9.59 Å². The molecule has 0 aromatic heterocycles. The summed E-state index contributed by atoms with van der Waals surface area (Å²) in [6.45, 7) is 1.15. The summed E-state index contributed by atoms with van der Waals surface area (Å²) in [6.07, 6.45) is 0. The summed E-state index contributed by atoms with van der Waals surface area (Å²) >= 11 is 0. The van der Waals surface area contributed by atoms with Crippen LogP contribution in [0.15, 0.2) is 60.7 Å². The van der Waals surface area contributed by atoms with Gasteiger partial charge in [-0.1, -0.05) is 36.4 Å². The molecule has 3 rings (SSSR count). The van der Waals surface area contributed by atoms with Gasteiger partial charge >= 0.3 is 11.9 Å². The number of rotatable bonds is 4. The minimum absolute atomic E-state index is 0.468. The first-order chi connectivity index (χ1) is 12.7. The highest BCUT2D eigenvalue weighted by atomic mass is 16.5. The van der Waals surface area contributed by atoms with Gasteiger partial charge in [0.05, 0.1) is 14.2 Å². The molecule has 26 heavy (non-hydrogen) atoms. The molecule has 0 amide bonds. The standard InChI is InChI=1S/C20H22N2O4/c1-25-19(23)17-18(20(24)26-2)22(16-11-7-4-8-12-16)14-13-21(17)15-9-5-3-6-10-15/h3-12,17-18H,13-14H2,1-2H3. The number of benzene rings is 2. The summed E-state index contributed by atoms with van der Waals surface area (Å²) in [5.41, 5.74) is 1.73. The number of nitrogens with zero attached hydrogens (tertiary/aromatic N) is 2. The van der Waals surface area contributed by atoms with Gasteiger partial charge in [-0.15, -0.1) is 0 Å². The number of anilines is 2. The largest absolute Gasteiger partial charge is 0.467 e. The molecule has 2 aromatic rings. The monoisotopic (exact) mass is 354 g/mol. The van der Waals surface area contributed by atoms with E-state index in [-0.39, 0.29) is 0 Å². The average Bonchev–Trinajstić information content (AvgIpc) is 2.72. The van der Waals surface area contributed by atoms with Crippen LogP contribution in [0, 0.1) is 0 Å². The van der Waals surface area contributed by atoms with Crippen LogP contribution < -0.4 is 9.80 Å². The summed E-state index contributed by atoms with van der Waals surface area (Å²) in [7, 11) is 2.67. The van der Waals surface area contributed by atoms with Gasteiger partial charge in [0.15, 0.2) is 12.1 Å². The van der Waals surface area contributed by atoms with Crippen LogP contribution in [-0.4, -0.2) is 51.3 Å². The summed E-state index contributed by atoms with van der Waals surface area (Å²) in [6, 6.07) is 17.5. The molecule has 2 atom stereocenters. The number of piperazine rings is 1. The SMILES string of the molecule is COC(=O)C1C(C(=O)OC)N(c2ccccc2)CCN1c1ccccc1. The molecule has 2 aromatic carbocycles. The minimum Gasteiger partial charge on any atom is -0.467 e. The molecule has 0 spiro atoms. The van der Waals surface area contributed by atoms with E-state index >= 15 is 0 Å². The molecule has 0 bridgehead atoms. The number of esters is 2. The first kappa shape index (κ1) is 17.8. The number of para-hydroxylation sites is 2. The van der Waals surface area contributed by atoms with Crippen molar-refractivity contribution in [3.8, 4) is 0 Å². The fourth-order valence-electron chi connectivity index (χ4n) is 3.41. The predicted octanol–water partition coefficient (Wildman–Crippen LogP) is 2.10. The highest BCUT2D eigenvalue weighted by Crippen LogP contribution is 2.29. The van der Waals surface area contributed by atoms with E-state index in [0.29, 0.717) is 13.1 Å². The lowest BCUT2D eigenvalue weighted by molar-refractivity contribution is -0.150. The molecule has 1 saturated heterocycles. The smallest absolute Gasteiger partial charge is 0.331 e. The zero-order chi connectivity index (χ0) is 18.5. The van der Waals surface area contributed by atoms with Crippen LogP contribution in [0.25, 0.3) is 0 Å². The van der Waals surface area contributed by atoms with Gasteiger partial charge in [-0.3, -0.25) is 0 Å². The lowest BCUT2D eigenvalue weighted by atomic mass is 9.99. The molecule has 136 valence electrons. The highest BCUT2D eigenvalue weighted by Gasteiger charge is 2.47. The van der Waals surface area contributed by atoms with Crippen molar-refractivity contribution in [2.24, 2.45) is 0 Å². The van der Waals surface area contributed by atoms with E-state index in [1.807, 2.05) is 70.5 Å². The Hall–Kier alpha value is -3.02. The maximum Gasteiger partial charge on any atom is 0.331 e. The van der Waals surface area contributed by atoms with Crippen molar-refractivity contribution in [1.29, 1.82) is 0 Å². The van der Waals surface area contributed by atoms with Crippen molar-refractivity contribution in [3.05, 3.63) is 60.7 Å². The second-order valence-corrected chi connectivity index (χ2v) is 5.99. The Labute approximate surface area is 152 Å². The minimum atomic E-state index is -0.802. The Morgan fingerprint density at radius 1 is 0.731 bits per heavy atom. The maximum absolute atomic E-state index is 12.7. The van der Waals surface area contributed by atoms with Crippen LogP contribution in [0.2, 0.25) is 0 Å². The molecule has 0 N–H and O–H groups in total. The summed E-state index contributed by atoms with van der Waals surface area (Å²) in [5, 5.41) is 0. The third-order valence-electron chi connectivity index (χ3n) is 4.61. The third kappa shape index (κ3) is 3.35. The van der Waals surface area contributed by atoms with Crippen LogP contribution in [0.3, 0.4) is 0 Å². The molecule has 1 heterocycles. The van der Waals surface area contributed by atoms with Gasteiger partial charge in [0.1, 0.15) is 0 Å². The second-order valence-electron chi connectivity index (χ2n) is 5.99. The summed E-state index contributed by atoms with van der Waals surface area (Å²) in [4.78, 5) is 29.1. The topological polar surface area (TPSA) is 59.1 Å². The lowest BCUT2D eigenvalue weighted by Crippen LogP contribution is -2.66. The number of hydrogen-bond acceptors (Lipinski definition) is 6.